The Morgan fingerprint density at radius 3 is 2.52 bits per heavy atom. The van der Waals surface area contributed by atoms with Crippen LogP contribution < -0.4 is 5.32 Å². The van der Waals surface area contributed by atoms with Gasteiger partial charge in [-0.1, -0.05) is 31.5 Å². The third-order valence-corrected chi connectivity index (χ3v) is 3.13. The van der Waals surface area contributed by atoms with Crippen LogP contribution in [0.5, 0.6) is 0 Å². The number of benzene rings is 1. The van der Waals surface area contributed by atoms with Crippen molar-refractivity contribution in [1.29, 1.82) is 0 Å². The third kappa shape index (κ3) is 8.32. The molecule has 0 aliphatic heterocycles. The lowest BCUT2D eigenvalue weighted by atomic mass is 10.0. The quantitative estimate of drug-likeness (QED) is 0.351. The Morgan fingerprint density at radius 1 is 1.19 bits per heavy atom. The summed E-state index contributed by atoms with van der Waals surface area (Å²) in [5.41, 5.74) is 0.860. The fourth-order valence-electron chi connectivity index (χ4n) is 1.91. The number of carbonyl (C=O) groups excluding carboxylic acids is 1. The molecule has 118 valence electrons. The zero-order valence-corrected chi connectivity index (χ0v) is 12.5. The highest BCUT2D eigenvalue weighted by Crippen LogP contribution is 2.16. The minimum absolute atomic E-state index is 0.100. The molecular formula is C16H25NO4. The van der Waals surface area contributed by atoms with Gasteiger partial charge >= 0.3 is 5.97 Å². The lowest BCUT2D eigenvalue weighted by Crippen LogP contribution is -2.28. The van der Waals surface area contributed by atoms with Crippen molar-refractivity contribution in [3.63, 3.8) is 0 Å². The minimum Gasteiger partial charge on any atom is -0.464 e. The van der Waals surface area contributed by atoms with Gasteiger partial charge in [-0.3, -0.25) is 4.79 Å². The Labute approximate surface area is 125 Å². The summed E-state index contributed by atoms with van der Waals surface area (Å²) in [6.45, 7) is 2.30. The van der Waals surface area contributed by atoms with E-state index >= 15 is 0 Å². The van der Waals surface area contributed by atoms with E-state index < -0.39 is 5.79 Å². The molecule has 0 saturated carbocycles. The average Bonchev–Trinajstić information content (AvgIpc) is 2.49. The molecule has 0 spiro atoms. The number of anilines is 1. The van der Waals surface area contributed by atoms with Crippen molar-refractivity contribution in [2.75, 3.05) is 18.5 Å². The molecule has 1 aromatic carbocycles. The summed E-state index contributed by atoms with van der Waals surface area (Å²) in [6.07, 6.45) is 2.70. The largest absolute Gasteiger partial charge is 0.464 e. The fourth-order valence-corrected chi connectivity index (χ4v) is 1.91. The molecule has 0 bridgehead atoms. The van der Waals surface area contributed by atoms with Gasteiger partial charge < -0.3 is 20.3 Å². The SMILES string of the molecule is CCCCC(O)(O)CCCOC(=O)CNc1ccccc1. The molecule has 1 aromatic rings. The van der Waals surface area contributed by atoms with Crippen molar-refractivity contribution in [3.8, 4) is 0 Å². The highest BCUT2D eigenvalue weighted by molar-refractivity contribution is 5.74. The van der Waals surface area contributed by atoms with Crippen molar-refractivity contribution in [1.82, 2.24) is 0 Å². The topological polar surface area (TPSA) is 78.8 Å². The molecule has 1 rings (SSSR count). The van der Waals surface area contributed by atoms with Crippen molar-refractivity contribution >= 4 is 11.7 Å². The number of rotatable bonds is 10. The van der Waals surface area contributed by atoms with E-state index in [9.17, 15) is 15.0 Å². The van der Waals surface area contributed by atoms with Crippen LogP contribution in [0.25, 0.3) is 0 Å². The number of hydrogen-bond donors (Lipinski definition) is 3. The Kier molecular flexibility index (Phi) is 7.79. The number of hydrogen-bond acceptors (Lipinski definition) is 5. The minimum atomic E-state index is -1.65. The molecule has 0 aliphatic rings. The van der Waals surface area contributed by atoms with E-state index in [-0.39, 0.29) is 25.5 Å². The Balaban J connectivity index is 2.11. The molecule has 0 aliphatic carbocycles. The number of nitrogens with one attached hydrogen (secondary N) is 1. The predicted molar refractivity (Wildman–Crippen MR) is 81.8 cm³/mol. The van der Waals surface area contributed by atoms with Crippen LogP contribution >= 0.6 is 0 Å². The Morgan fingerprint density at radius 2 is 1.86 bits per heavy atom. The molecule has 0 aromatic heterocycles. The van der Waals surface area contributed by atoms with Gasteiger partial charge in [0.15, 0.2) is 5.79 Å². The number of para-hydroxylation sites is 1. The molecule has 0 fully saturated rings. The standard InChI is InChI=1S/C16H25NO4/c1-2-3-10-16(19,20)11-7-12-21-15(18)13-17-14-8-5-4-6-9-14/h4-6,8-9,17,19-20H,2-3,7,10-13H2,1H3. The number of carbonyl (C=O) groups is 1. The van der Waals surface area contributed by atoms with E-state index in [1.54, 1.807) is 0 Å². The first-order valence-corrected chi connectivity index (χ1v) is 7.43. The molecule has 0 unspecified atom stereocenters. The van der Waals surface area contributed by atoms with Crippen LogP contribution in [0.3, 0.4) is 0 Å². The summed E-state index contributed by atoms with van der Waals surface area (Å²) in [5, 5.41) is 22.3. The Hall–Kier alpha value is -1.59. The third-order valence-electron chi connectivity index (χ3n) is 3.13. The summed E-state index contributed by atoms with van der Waals surface area (Å²) in [5.74, 6) is -2.00. The van der Waals surface area contributed by atoms with E-state index in [1.165, 1.54) is 0 Å². The number of aliphatic hydroxyl groups is 2. The zero-order valence-electron chi connectivity index (χ0n) is 12.5. The molecule has 3 N–H and O–H groups in total. The van der Waals surface area contributed by atoms with Crippen LogP contribution in [0.1, 0.15) is 39.0 Å². The van der Waals surface area contributed by atoms with Gasteiger partial charge in [-0.25, -0.2) is 0 Å². The summed E-state index contributed by atoms with van der Waals surface area (Å²) < 4.78 is 5.04. The van der Waals surface area contributed by atoms with E-state index in [0.717, 1.165) is 18.5 Å². The van der Waals surface area contributed by atoms with Gasteiger partial charge in [-0.15, -0.1) is 0 Å². The maximum absolute atomic E-state index is 11.5. The molecule has 0 heterocycles. The second-order valence-corrected chi connectivity index (χ2v) is 5.13. The summed E-state index contributed by atoms with van der Waals surface area (Å²) in [4.78, 5) is 11.5. The van der Waals surface area contributed by atoms with E-state index in [2.05, 4.69) is 5.32 Å². The second kappa shape index (κ2) is 9.37. The molecule has 0 saturated heterocycles. The predicted octanol–water partition coefficient (Wildman–Crippen LogP) is 2.29. The fraction of sp³-hybridized carbons (Fsp3) is 0.562. The van der Waals surface area contributed by atoms with Crippen LogP contribution in [0.15, 0.2) is 30.3 Å². The Bertz CT molecular complexity index is 406. The highest BCUT2D eigenvalue weighted by atomic mass is 16.5. The van der Waals surface area contributed by atoms with Crippen molar-refractivity contribution in [2.24, 2.45) is 0 Å². The lowest BCUT2D eigenvalue weighted by Gasteiger charge is -2.21. The van der Waals surface area contributed by atoms with E-state index in [0.29, 0.717) is 12.8 Å². The van der Waals surface area contributed by atoms with Crippen LogP contribution in [0.4, 0.5) is 5.69 Å². The van der Waals surface area contributed by atoms with Crippen molar-refractivity contribution < 1.29 is 19.7 Å². The van der Waals surface area contributed by atoms with Crippen LogP contribution in [0.2, 0.25) is 0 Å². The monoisotopic (exact) mass is 295 g/mol. The molecule has 0 atom stereocenters. The first-order valence-electron chi connectivity index (χ1n) is 7.43. The summed E-state index contributed by atoms with van der Waals surface area (Å²) in [6, 6.07) is 9.40. The first-order chi connectivity index (χ1) is 10.0. The zero-order chi connectivity index (χ0) is 15.6. The molecule has 0 amide bonds. The summed E-state index contributed by atoms with van der Waals surface area (Å²) >= 11 is 0. The average molecular weight is 295 g/mol. The molecule has 0 radical (unpaired) electrons. The molecular weight excluding hydrogens is 270 g/mol. The molecule has 5 heteroatoms. The molecule has 5 nitrogen and oxygen atoms in total. The van der Waals surface area contributed by atoms with Crippen LogP contribution in [0, 0.1) is 0 Å². The number of esters is 1. The normalized spacial score (nSPS) is 11.2. The van der Waals surface area contributed by atoms with Gasteiger partial charge in [0.25, 0.3) is 0 Å². The maximum Gasteiger partial charge on any atom is 0.325 e. The summed E-state index contributed by atoms with van der Waals surface area (Å²) in [7, 11) is 0. The van der Waals surface area contributed by atoms with Crippen LogP contribution in [-0.2, 0) is 9.53 Å². The maximum atomic E-state index is 11.5. The van der Waals surface area contributed by atoms with Gasteiger partial charge in [-0.05, 0) is 25.0 Å². The van der Waals surface area contributed by atoms with Crippen molar-refractivity contribution in [3.05, 3.63) is 30.3 Å². The van der Waals surface area contributed by atoms with E-state index in [1.807, 2.05) is 37.3 Å². The van der Waals surface area contributed by atoms with Gasteiger partial charge in [-0.2, -0.15) is 0 Å². The second-order valence-electron chi connectivity index (χ2n) is 5.13. The van der Waals surface area contributed by atoms with Crippen molar-refractivity contribution in [2.45, 2.75) is 44.8 Å². The van der Waals surface area contributed by atoms with Gasteiger partial charge in [0.05, 0.1) is 6.61 Å². The lowest BCUT2D eigenvalue weighted by molar-refractivity contribution is -0.174. The first kappa shape index (κ1) is 17.5. The number of unbranched alkanes of at least 4 members (excludes halogenated alkanes) is 1. The van der Waals surface area contributed by atoms with Crippen LogP contribution in [-0.4, -0.2) is 35.1 Å². The van der Waals surface area contributed by atoms with Gasteiger partial charge in [0, 0.05) is 18.5 Å². The highest BCUT2D eigenvalue weighted by Gasteiger charge is 2.21. The number of ether oxygens (including phenoxy) is 1. The molecule has 21 heavy (non-hydrogen) atoms. The van der Waals surface area contributed by atoms with Gasteiger partial charge in [0.1, 0.15) is 6.54 Å². The van der Waals surface area contributed by atoms with E-state index in [4.69, 9.17) is 4.74 Å². The smallest absolute Gasteiger partial charge is 0.325 e. The van der Waals surface area contributed by atoms with Gasteiger partial charge in [0.2, 0.25) is 0 Å².